The number of nitrogens with zero attached hydrogens (tertiary/aromatic N) is 2. The van der Waals surface area contributed by atoms with Crippen LogP contribution in [-0.2, 0) is 5.75 Å². The predicted molar refractivity (Wildman–Crippen MR) is 81.3 cm³/mol. The quantitative estimate of drug-likeness (QED) is 0.657. The van der Waals surface area contributed by atoms with Crippen molar-refractivity contribution in [1.82, 2.24) is 9.59 Å². The van der Waals surface area contributed by atoms with Gasteiger partial charge in [0.1, 0.15) is 15.7 Å². The highest BCUT2D eigenvalue weighted by Crippen LogP contribution is 2.34. The molecule has 0 aliphatic carbocycles. The molecule has 3 aromatic rings. The van der Waals surface area contributed by atoms with Crippen LogP contribution in [0.1, 0.15) is 5.56 Å². The van der Waals surface area contributed by atoms with E-state index in [9.17, 15) is 4.39 Å². The predicted octanol–water partition coefficient (Wildman–Crippen LogP) is 4.64. The van der Waals surface area contributed by atoms with Crippen molar-refractivity contribution in [3.63, 3.8) is 0 Å². The van der Waals surface area contributed by atoms with Crippen LogP contribution in [-0.4, -0.2) is 9.59 Å². The zero-order chi connectivity index (χ0) is 13.8. The maximum atomic E-state index is 13.0. The van der Waals surface area contributed by atoms with Crippen molar-refractivity contribution in [2.24, 2.45) is 0 Å². The lowest BCUT2D eigenvalue weighted by Crippen LogP contribution is -1.83. The second kappa shape index (κ2) is 6.15. The molecule has 0 amide bonds. The summed E-state index contributed by atoms with van der Waals surface area (Å²) in [5.41, 5.74) is 2.99. The van der Waals surface area contributed by atoms with E-state index in [0.717, 1.165) is 21.2 Å². The van der Waals surface area contributed by atoms with Crippen LogP contribution in [0.25, 0.3) is 11.3 Å². The first kappa shape index (κ1) is 13.3. The molecule has 0 spiro atoms. The average molecular weight is 302 g/mol. The van der Waals surface area contributed by atoms with Gasteiger partial charge in [0, 0.05) is 11.3 Å². The lowest BCUT2D eigenvalue weighted by Gasteiger charge is -2.02. The number of hydrogen-bond acceptors (Lipinski definition) is 4. The van der Waals surface area contributed by atoms with Gasteiger partial charge in [-0.25, -0.2) is 4.39 Å². The molecule has 20 heavy (non-hydrogen) atoms. The molecule has 3 rings (SSSR count). The molecule has 1 aromatic heterocycles. The van der Waals surface area contributed by atoms with E-state index in [1.807, 2.05) is 18.2 Å². The molecular formula is C15H11FN2S2. The Morgan fingerprint density at radius 1 is 1.00 bits per heavy atom. The van der Waals surface area contributed by atoms with Gasteiger partial charge in [0.15, 0.2) is 0 Å². The van der Waals surface area contributed by atoms with Gasteiger partial charge in [-0.15, -0.1) is 16.9 Å². The smallest absolute Gasteiger partial charge is 0.123 e. The molecule has 0 atom stereocenters. The molecule has 5 heteroatoms. The second-order valence-corrected chi connectivity index (χ2v) is 6.19. The molecular weight excluding hydrogens is 291 g/mol. The van der Waals surface area contributed by atoms with E-state index in [0.29, 0.717) is 0 Å². The Bertz CT molecular complexity index is 681. The Kier molecular flexibility index (Phi) is 4.08. The van der Waals surface area contributed by atoms with Crippen LogP contribution in [0.3, 0.4) is 0 Å². The fourth-order valence-corrected chi connectivity index (χ4v) is 3.50. The van der Waals surface area contributed by atoms with Crippen molar-refractivity contribution < 1.29 is 4.39 Å². The lowest BCUT2D eigenvalue weighted by atomic mass is 10.2. The number of aromatic nitrogens is 2. The minimum Gasteiger partial charge on any atom is -0.207 e. The van der Waals surface area contributed by atoms with Crippen molar-refractivity contribution in [2.75, 3.05) is 0 Å². The summed E-state index contributed by atoms with van der Waals surface area (Å²) in [7, 11) is 0. The Morgan fingerprint density at radius 2 is 1.75 bits per heavy atom. The molecule has 0 aliphatic rings. The monoisotopic (exact) mass is 302 g/mol. The third-order valence-corrected chi connectivity index (χ3v) is 4.82. The van der Waals surface area contributed by atoms with E-state index in [1.54, 1.807) is 23.9 Å². The maximum absolute atomic E-state index is 13.0. The molecule has 0 aliphatic heterocycles. The van der Waals surface area contributed by atoms with Gasteiger partial charge in [-0.1, -0.05) is 34.8 Å². The van der Waals surface area contributed by atoms with Crippen LogP contribution in [0.2, 0.25) is 0 Å². The normalized spacial score (nSPS) is 10.7. The maximum Gasteiger partial charge on any atom is 0.123 e. The highest BCUT2D eigenvalue weighted by Gasteiger charge is 2.11. The SMILES string of the molecule is Fc1ccc(-c2nnsc2SCc2ccccc2)cc1. The Hall–Kier alpha value is -1.72. The van der Waals surface area contributed by atoms with E-state index in [4.69, 9.17) is 0 Å². The summed E-state index contributed by atoms with van der Waals surface area (Å²) < 4.78 is 18.0. The Balaban J connectivity index is 1.78. The molecule has 2 nitrogen and oxygen atoms in total. The fourth-order valence-electron chi connectivity index (χ4n) is 1.78. The third kappa shape index (κ3) is 3.05. The van der Waals surface area contributed by atoms with Crippen LogP contribution >= 0.6 is 23.3 Å². The molecule has 0 saturated carbocycles. The number of halogens is 1. The van der Waals surface area contributed by atoms with Crippen LogP contribution in [0, 0.1) is 5.82 Å². The van der Waals surface area contributed by atoms with Crippen LogP contribution < -0.4 is 0 Å². The summed E-state index contributed by atoms with van der Waals surface area (Å²) in [5.74, 6) is 0.634. The number of rotatable bonds is 4. The lowest BCUT2D eigenvalue weighted by molar-refractivity contribution is 0.628. The van der Waals surface area contributed by atoms with E-state index < -0.39 is 0 Å². The third-order valence-electron chi connectivity index (χ3n) is 2.79. The molecule has 0 unspecified atom stereocenters. The minimum atomic E-state index is -0.240. The molecule has 0 fully saturated rings. The van der Waals surface area contributed by atoms with Gasteiger partial charge in [0.05, 0.1) is 0 Å². The summed E-state index contributed by atoms with van der Waals surface area (Å²) in [4.78, 5) is 0. The molecule has 2 aromatic carbocycles. The first-order valence-corrected chi connectivity index (χ1v) is 7.84. The zero-order valence-corrected chi connectivity index (χ0v) is 12.1. The molecule has 0 N–H and O–H groups in total. The fraction of sp³-hybridized carbons (Fsp3) is 0.0667. The van der Waals surface area contributed by atoms with E-state index in [2.05, 4.69) is 21.7 Å². The first-order valence-electron chi connectivity index (χ1n) is 6.08. The van der Waals surface area contributed by atoms with Crippen molar-refractivity contribution in [3.05, 3.63) is 66.0 Å². The summed E-state index contributed by atoms with van der Waals surface area (Å²) in [5, 5.41) is 4.15. The minimum absolute atomic E-state index is 0.240. The largest absolute Gasteiger partial charge is 0.207 e. The topological polar surface area (TPSA) is 25.8 Å². The second-order valence-electron chi connectivity index (χ2n) is 4.19. The zero-order valence-electron chi connectivity index (χ0n) is 10.5. The standard InChI is InChI=1S/C15H11FN2S2/c16-13-8-6-12(7-9-13)14-15(20-18-17-14)19-10-11-4-2-1-3-5-11/h1-9H,10H2. The van der Waals surface area contributed by atoms with E-state index >= 15 is 0 Å². The van der Waals surface area contributed by atoms with Gasteiger partial charge in [-0.2, -0.15) is 0 Å². The van der Waals surface area contributed by atoms with E-state index in [-0.39, 0.29) is 5.82 Å². The van der Waals surface area contributed by atoms with Gasteiger partial charge in [0.25, 0.3) is 0 Å². The van der Waals surface area contributed by atoms with Gasteiger partial charge in [0.2, 0.25) is 0 Å². The van der Waals surface area contributed by atoms with E-state index in [1.165, 1.54) is 29.2 Å². The van der Waals surface area contributed by atoms with Crippen molar-refractivity contribution in [2.45, 2.75) is 9.96 Å². The van der Waals surface area contributed by atoms with Crippen molar-refractivity contribution in [3.8, 4) is 11.3 Å². The van der Waals surface area contributed by atoms with Gasteiger partial charge < -0.3 is 0 Å². The van der Waals surface area contributed by atoms with Gasteiger partial charge in [-0.3, -0.25) is 0 Å². The highest BCUT2D eigenvalue weighted by atomic mass is 32.2. The van der Waals surface area contributed by atoms with Crippen LogP contribution in [0.4, 0.5) is 4.39 Å². The summed E-state index contributed by atoms with van der Waals surface area (Å²) >= 11 is 3.08. The van der Waals surface area contributed by atoms with Gasteiger partial charge >= 0.3 is 0 Å². The number of benzene rings is 2. The Labute approximate surface area is 124 Å². The summed E-state index contributed by atoms with van der Waals surface area (Å²) in [6.07, 6.45) is 0. The van der Waals surface area contributed by atoms with Crippen molar-refractivity contribution >= 4 is 23.3 Å². The van der Waals surface area contributed by atoms with Crippen LogP contribution in [0.5, 0.6) is 0 Å². The Morgan fingerprint density at radius 3 is 2.50 bits per heavy atom. The average Bonchev–Trinajstić information content (AvgIpc) is 2.95. The van der Waals surface area contributed by atoms with Crippen LogP contribution in [0.15, 0.2) is 58.8 Å². The number of thioether (sulfide) groups is 1. The molecule has 100 valence electrons. The summed E-state index contributed by atoms with van der Waals surface area (Å²) in [6.45, 7) is 0. The molecule has 0 radical (unpaired) electrons. The van der Waals surface area contributed by atoms with Crippen molar-refractivity contribution in [1.29, 1.82) is 0 Å². The summed E-state index contributed by atoms with van der Waals surface area (Å²) in [6, 6.07) is 16.6. The number of hydrogen-bond donors (Lipinski definition) is 0. The first-order chi connectivity index (χ1) is 9.83. The molecule has 1 heterocycles. The highest BCUT2D eigenvalue weighted by molar-refractivity contribution is 8.00. The molecule has 0 bridgehead atoms. The van der Waals surface area contributed by atoms with Gasteiger partial charge in [-0.05, 0) is 41.4 Å². The molecule has 0 saturated heterocycles.